The summed E-state index contributed by atoms with van der Waals surface area (Å²) in [4.78, 5) is 20.3. The highest BCUT2D eigenvalue weighted by Crippen LogP contribution is 2.43. The molecule has 7 heteroatoms. The van der Waals surface area contributed by atoms with Gasteiger partial charge in [0.1, 0.15) is 5.65 Å². The number of aromatic nitrogens is 3. The fraction of sp³-hybridized carbons (Fsp3) is 0.0667. The Morgan fingerprint density at radius 2 is 1.08 bits per heavy atom. The summed E-state index contributed by atoms with van der Waals surface area (Å²) in [5, 5.41) is 4.33. The largest absolute Gasteiger partial charge is 0.397 e. The van der Waals surface area contributed by atoms with Crippen molar-refractivity contribution in [2.24, 2.45) is 0 Å². The molecule has 0 saturated heterocycles. The van der Waals surface area contributed by atoms with E-state index in [0.717, 1.165) is 51.7 Å². The third-order valence-corrected chi connectivity index (χ3v) is 10.2. The number of hydrogen-bond acceptors (Lipinski definition) is 3. The monoisotopic (exact) mass is 900 g/mol. The number of para-hydroxylation sites is 4. The molecule has 0 unspecified atom stereocenters. The number of nitrogens with two attached hydrogens (primary N) is 1. The second-order valence-corrected chi connectivity index (χ2v) is 12.9. The zero-order valence-electron chi connectivity index (χ0n) is 28.4. The van der Waals surface area contributed by atoms with Crippen LogP contribution in [0.5, 0.6) is 0 Å². The number of fused-ring (bicyclic) bond motifs is 15. The molecule has 2 aliphatic carbocycles. The van der Waals surface area contributed by atoms with Crippen molar-refractivity contribution < 1.29 is 0 Å². The Bertz CT molecular complexity index is 2890. The first-order valence-corrected chi connectivity index (χ1v) is 19.2. The highest BCUT2D eigenvalue weighted by atomic mass is 127. The van der Waals surface area contributed by atoms with E-state index in [9.17, 15) is 4.79 Å². The van der Waals surface area contributed by atoms with E-state index in [1.807, 2.05) is 65.6 Å². The molecule has 2 aliphatic rings. The average Bonchev–Trinajstić information content (AvgIpc) is 3.89. The van der Waals surface area contributed by atoms with Crippen LogP contribution >= 0.6 is 46.6 Å². The maximum absolute atomic E-state index is 13.4. The number of halogens is 2. The number of imidazole rings is 1. The van der Waals surface area contributed by atoms with Crippen LogP contribution in [0.3, 0.4) is 0 Å². The van der Waals surface area contributed by atoms with Gasteiger partial charge in [0.25, 0.3) is 5.56 Å². The van der Waals surface area contributed by atoms with Crippen LogP contribution in [0.15, 0.2) is 150 Å². The molecular formula is C45H34I2N4O. The van der Waals surface area contributed by atoms with Gasteiger partial charge in [0.15, 0.2) is 0 Å². The molecule has 254 valence electrons. The summed E-state index contributed by atoms with van der Waals surface area (Å²) in [6.45, 7) is 0. The lowest BCUT2D eigenvalue weighted by Crippen LogP contribution is -2.22. The van der Waals surface area contributed by atoms with Gasteiger partial charge < -0.3 is 5.73 Å². The van der Waals surface area contributed by atoms with Crippen LogP contribution in [0.4, 0.5) is 5.69 Å². The Morgan fingerprint density at radius 3 is 1.77 bits per heavy atom. The number of nitrogens with zero attached hydrogens (tertiary/aromatic N) is 3. The van der Waals surface area contributed by atoms with Gasteiger partial charge in [0.05, 0.1) is 33.8 Å². The maximum atomic E-state index is 13.4. The van der Waals surface area contributed by atoms with Gasteiger partial charge in [0.2, 0.25) is 0 Å². The number of nitrogen functional groups attached to an aromatic ring is 1. The lowest BCUT2D eigenvalue weighted by Gasteiger charge is -2.17. The SMILES string of the molecule is CI.I.Nc1ccccc1-n1c2c(c3ccccc3c1=O)Cc1ccccc1-2.c1ccc2c(c1)Cc1c-2n2c3ccccc3nc2c2ccccc12. The Kier molecular flexibility index (Phi) is 9.09. The highest BCUT2D eigenvalue weighted by molar-refractivity contribution is 14.1. The quantitative estimate of drug-likeness (QED) is 0.101. The Morgan fingerprint density at radius 1 is 0.577 bits per heavy atom. The van der Waals surface area contributed by atoms with Crippen LogP contribution in [0.2, 0.25) is 0 Å². The minimum Gasteiger partial charge on any atom is -0.397 e. The predicted molar refractivity (Wildman–Crippen MR) is 236 cm³/mol. The van der Waals surface area contributed by atoms with E-state index in [0.29, 0.717) is 5.69 Å². The minimum absolute atomic E-state index is 0. The van der Waals surface area contributed by atoms with Crippen LogP contribution < -0.4 is 11.3 Å². The van der Waals surface area contributed by atoms with Gasteiger partial charge in [-0.25, -0.2) is 4.98 Å². The molecule has 0 amide bonds. The first-order chi connectivity index (χ1) is 25.2. The lowest BCUT2D eigenvalue weighted by molar-refractivity contribution is 1.01. The molecule has 0 radical (unpaired) electrons. The molecule has 0 atom stereocenters. The zero-order chi connectivity index (χ0) is 34.6. The van der Waals surface area contributed by atoms with Crippen LogP contribution in [-0.4, -0.2) is 18.9 Å². The lowest BCUT2D eigenvalue weighted by atomic mass is 10.0. The van der Waals surface area contributed by atoms with Crippen LogP contribution in [0.25, 0.3) is 66.4 Å². The molecule has 5 nitrogen and oxygen atoms in total. The minimum atomic E-state index is -0.0241. The molecule has 3 aromatic heterocycles. The van der Waals surface area contributed by atoms with E-state index < -0.39 is 0 Å². The number of anilines is 1. The molecule has 3 heterocycles. The van der Waals surface area contributed by atoms with Crippen LogP contribution in [0.1, 0.15) is 22.3 Å². The van der Waals surface area contributed by atoms with E-state index in [2.05, 4.69) is 112 Å². The summed E-state index contributed by atoms with van der Waals surface area (Å²) in [5.74, 6) is 0. The van der Waals surface area contributed by atoms with Crippen molar-refractivity contribution in [1.82, 2.24) is 14.0 Å². The van der Waals surface area contributed by atoms with E-state index in [4.69, 9.17) is 10.7 Å². The molecule has 11 rings (SSSR count). The molecule has 6 aromatic carbocycles. The third kappa shape index (κ3) is 5.24. The summed E-state index contributed by atoms with van der Waals surface area (Å²) >= 11 is 2.15. The summed E-state index contributed by atoms with van der Waals surface area (Å²) < 4.78 is 4.15. The van der Waals surface area contributed by atoms with Gasteiger partial charge in [-0.05, 0) is 68.3 Å². The highest BCUT2D eigenvalue weighted by Gasteiger charge is 2.27. The molecule has 52 heavy (non-hydrogen) atoms. The topological polar surface area (TPSA) is 65.3 Å². The second-order valence-electron chi connectivity index (χ2n) is 12.9. The first kappa shape index (κ1) is 34.1. The fourth-order valence-electron chi connectivity index (χ4n) is 8.09. The van der Waals surface area contributed by atoms with E-state index in [1.165, 1.54) is 49.8 Å². The normalized spacial score (nSPS) is 11.9. The molecule has 9 aromatic rings. The molecule has 2 N–H and O–H groups in total. The van der Waals surface area contributed by atoms with Crippen LogP contribution in [-0.2, 0) is 12.8 Å². The third-order valence-electron chi connectivity index (χ3n) is 10.2. The van der Waals surface area contributed by atoms with Gasteiger partial charge in [0, 0.05) is 34.7 Å². The van der Waals surface area contributed by atoms with Gasteiger partial charge in [-0.3, -0.25) is 13.8 Å². The number of hydrogen-bond donors (Lipinski definition) is 1. The van der Waals surface area contributed by atoms with Crippen molar-refractivity contribution in [2.75, 3.05) is 10.7 Å². The predicted octanol–water partition coefficient (Wildman–Crippen LogP) is 11.0. The Labute approximate surface area is 331 Å². The van der Waals surface area contributed by atoms with Crippen LogP contribution in [0, 0.1) is 0 Å². The number of alkyl halides is 1. The van der Waals surface area contributed by atoms with Crippen molar-refractivity contribution in [2.45, 2.75) is 12.8 Å². The Balaban J connectivity index is 0.000000140. The van der Waals surface area contributed by atoms with Gasteiger partial charge >= 0.3 is 0 Å². The second kappa shape index (κ2) is 13.9. The summed E-state index contributed by atoms with van der Waals surface area (Å²) in [6.07, 6.45) is 1.83. The van der Waals surface area contributed by atoms with Crippen molar-refractivity contribution in [1.29, 1.82) is 0 Å². The van der Waals surface area contributed by atoms with Crippen molar-refractivity contribution in [3.8, 4) is 28.2 Å². The molecule has 0 spiro atoms. The molecule has 0 aliphatic heterocycles. The van der Waals surface area contributed by atoms with Crippen molar-refractivity contribution >= 4 is 90.5 Å². The van der Waals surface area contributed by atoms with Crippen molar-refractivity contribution in [3.63, 3.8) is 0 Å². The summed E-state index contributed by atoms with van der Waals surface area (Å²) in [6, 6.07) is 49.5. The smallest absolute Gasteiger partial charge is 0.263 e. The molecule has 0 bridgehead atoms. The first-order valence-electron chi connectivity index (χ1n) is 17.0. The maximum Gasteiger partial charge on any atom is 0.263 e. The van der Waals surface area contributed by atoms with E-state index in [1.54, 1.807) is 4.57 Å². The number of rotatable bonds is 1. The van der Waals surface area contributed by atoms with Gasteiger partial charge in [-0.1, -0.05) is 138 Å². The standard InChI is InChI=1S/C22H16N2O.C22H14N2.CH3I.HI/c23-19-11-5-6-12-20(19)24-21-15-8-2-1-7-14(15)13-18(21)16-9-3-4-10-17(16)22(24)25;1-2-8-15-14(7-1)13-18-16-9-3-4-10-17(16)22-23-19-11-5-6-12-20(19)24(22)21(15)18;1-2;/h1-12H,13,23H2;1-12H,13H2;1H3;1H. The summed E-state index contributed by atoms with van der Waals surface area (Å²) in [7, 11) is 0. The molecule has 0 fully saturated rings. The number of pyridine rings is 2. The Hall–Kier alpha value is -5.00. The van der Waals surface area contributed by atoms with E-state index >= 15 is 0 Å². The molecular weight excluding hydrogens is 866 g/mol. The average molecular weight is 901 g/mol. The summed E-state index contributed by atoms with van der Waals surface area (Å²) in [5.41, 5.74) is 20.8. The van der Waals surface area contributed by atoms with E-state index in [-0.39, 0.29) is 29.5 Å². The molecule has 0 saturated carbocycles. The van der Waals surface area contributed by atoms with Gasteiger partial charge in [-0.2, -0.15) is 0 Å². The van der Waals surface area contributed by atoms with Gasteiger partial charge in [-0.15, -0.1) is 24.0 Å². The number of benzene rings is 6. The fourth-order valence-corrected chi connectivity index (χ4v) is 8.09. The zero-order valence-corrected chi connectivity index (χ0v) is 32.9. The van der Waals surface area contributed by atoms with Crippen molar-refractivity contribution in [3.05, 3.63) is 178 Å².